The summed E-state index contributed by atoms with van der Waals surface area (Å²) in [6.07, 6.45) is 2.68. The number of aromatic amines is 2. The van der Waals surface area contributed by atoms with Gasteiger partial charge in [0.05, 0.1) is 12.5 Å². The molecule has 0 aliphatic heterocycles. The van der Waals surface area contributed by atoms with Crippen molar-refractivity contribution in [1.29, 1.82) is 0 Å². The van der Waals surface area contributed by atoms with E-state index < -0.39 is 0 Å². The Balaban J connectivity index is 2.99. The Bertz CT molecular complexity index is 401. The normalized spacial score (nSPS) is 10.4. The summed E-state index contributed by atoms with van der Waals surface area (Å²) in [5, 5.41) is 0. The van der Waals surface area contributed by atoms with E-state index in [4.69, 9.17) is 0 Å². The Hall–Kier alpha value is -1.65. The molecule has 0 aromatic carbocycles. The van der Waals surface area contributed by atoms with Crippen LogP contribution in [0.5, 0.6) is 0 Å². The molecule has 0 fully saturated rings. The summed E-state index contributed by atoms with van der Waals surface area (Å²) in [6, 6.07) is 0. The van der Waals surface area contributed by atoms with E-state index >= 15 is 0 Å². The van der Waals surface area contributed by atoms with Crippen LogP contribution in [0.2, 0.25) is 0 Å². The van der Waals surface area contributed by atoms with E-state index in [0.717, 1.165) is 0 Å². The van der Waals surface area contributed by atoms with Crippen LogP contribution in [0, 0.1) is 0 Å². The van der Waals surface area contributed by atoms with Crippen LogP contribution in [0.4, 0.5) is 0 Å². The highest BCUT2D eigenvalue weighted by Gasteiger charge is 1.94. The fraction of sp³-hybridized carbons (Fsp3) is 0. The molecule has 5 nitrogen and oxygen atoms in total. The Morgan fingerprint density at radius 3 is 3.20 bits per heavy atom. The zero-order valence-corrected chi connectivity index (χ0v) is 4.96. The Kier molecular flexibility index (Phi) is 0.858. The number of aromatic nitrogens is 4. The average molecular weight is 136 g/mol. The lowest BCUT2D eigenvalue weighted by molar-refractivity contribution is 1.19. The van der Waals surface area contributed by atoms with Gasteiger partial charge in [0.15, 0.2) is 11.3 Å². The lowest BCUT2D eigenvalue weighted by Gasteiger charge is -1.82. The second kappa shape index (κ2) is 1.66. The van der Waals surface area contributed by atoms with Crippen molar-refractivity contribution in [3.8, 4) is 0 Å². The van der Waals surface area contributed by atoms with Crippen molar-refractivity contribution in [3.05, 3.63) is 22.9 Å². The molecule has 2 N–H and O–H groups in total. The number of hydrogen-bond donors (Lipinski definition) is 2. The van der Waals surface area contributed by atoms with E-state index in [9.17, 15) is 4.79 Å². The van der Waals surface area contributed by atoms with E-state index in [1.807, 2.05) is 0 Å². The largest absolute Gasteiger partial charge is 0.329 e. The molecule has 2 aromatic rings. The molecule has 2 aromatic heterocycles. The van der Waals surface area contributed by atoms with Crippen molar-refractivity contribution >= 4 is 11.3 Å². The third-order valence-corrected chi connectivity index (χ3v) is 1.17. The molecular weight excluding hydrogens is 132 g/mol. The van der Waals surface area contributed by atoms with Crippen LogP contribution in [0.25, 0.3) is 11.3 Å². The van der Waals surface area contributed by atoms with Crippen molar-refractivity contribution in [2.45, 2.75) is 0 Å². The molecule has 10 heavy (non-hydrogen) atoms. The summed E-state index contributed by atoms with van der Waals surface area (Å²) in [5.41, 5.74) is 0.865. The van der Waals surface area contributed by atoms with E-state index in [2.05, 4.69) is 19.9 Å². The third-order valence-electron chi connectivity index (χ3n) is 1.17. The van der Waals surface area contributed by atoms with Crippen molar-refractivity contribution in [2.24, 2.45) is 0 Å². The summed E-state index contributed by atoms with van der Waals surface area (Å²) in [6.45, 7) is 0. The molecule has 0 aliphatic carbocycles. The van der Waals surface area contributed by atoms with Crippen molar-refractivity contribution in [3.63, 3.8) is 0 Å². The molecule has 2 rings (SSSR count). The van der Waals surface area contributed by atoms with Gasteiger partial charge in [0, 0.05) is 0 Å². The maximum atomic E-state index is 10.6. The topological polar surface area (TPSA) is 74.4 Å². The van der Waals surface area contributed by atoms with E-state index in [1.54, 1.807) is 0 Å². The summed E-state index contributed by atoms with van der Waals surface area (Å²) in [5.74, 6) is 0. The lowest BCUT2D eigenvalue weighted by Crippen LogP contribution is -2.04. The van der Waals surface area contributed by atoms with Crippen LogP contribution in [0.3, 0.4) is 0 Å². The van der Waals surface area contributed by atoms with Crippen molar-refractivity contribution < 1.29 is 0 Å². The maximum Gasteiger partial charge on any atom is 0.268 e. The van der Waals surface area contributed by atoms with Crippen LogP contribution >= 0.6 is 0 Å². The minimum absolute atomic E-state index is 0.225. The van der Waals surface area contributed by atoms with E-state index in [1.165, 1.54) is 12.5 Å². The number of imidazole rings is 1. The van der Waals surface area contributed by atoms with Crippen molar-refractivity contribution in [2.75, 3.05) is 0 Å². The summed E-state index contributed by atoms with van der Waals surface area (Å²) < 4.78 is 0. The highest BCUT2D eigenvalue weighted by molar-refractivity contribution is 5.63. The molecule has 0 bridgehead atoms. The molecule has 0 saturated heterocycles. The molecular formula is C5H4N4O. The lowest BCUT2D eigenvalue weighted by atomic mass is 10.7. The van der Waals surface area contributed by atoms with Gasteiger partial charge in [-0.15, -0.1) is 0 Å². The van der Waals surface area contributed by atoms with Gasteiger partial charge in [0.2, 0.25) is 0 Å². The highest BCUT2D eigenvalue weighted by atomic mass is 16.1. The molecule has 0 amide bonds. The number of rotatable bonds is 0. The number of nitrogens with one attached hydrogen (secondary N) is 2. The number of H-pyrrole nitrogens is 2. The molecule has 0 radical (unpaired) electrons. The van der Waals surface area contributed by atoms with Gasteiger partial charge >= 0.3 is 0 Å². The molecule has 0 unspecified atom stereocenters. The van der Waals surface area contributed by atoms with E-state index in [0.29, 0.717) is 11.3 Å². The van der Waals surface area contributed by atoms with Crippen molar-refractivity contribution in [1.82, 2.24) is 19.9 Å². The van der Waals surface area contributed by atoms with Gasteiger partial charge in [-0.3, -0.25) is 4.79 Å². The molecule has 0 spiro atoms. The summed E-state index contributed by atoms with van der Waals surface area (Å²) in [4.78, 5) is 23.5. The summed E-state index contributed by atoms with van der Waals surface area (Å²) in [7, 11) is 0. The Morgan fingerprint density at radius 2 is 2.30 bits per heavy atom. The third kappa shape index (κ3) is 0.604. The fourth-order valence-electron chi connectivity index (χ4n) is 0.752. The number of nitrogens with zero attached hydrogens (tertiary/aromatic N) is 2. The Labute approximate surface area is 55.1 Å². The predicted molar refractivity (Wildman–Crippen MR) is 34.5 cm³/mol. The second-order valence-electron chi connectivity index (χ2n) is 1.85. The highest BCUT2D eigenvalue weighted by Crippen LogP contribution is 1.94. The fourth-order valence-corrected chi connectivity index (χ4v) is 0.752. The van der Waals surface area contributed by atoms with Gasteiger partial charge in [-0.25, -0.2) is 9.97 Å². The van der Waals surface area contributed by atoms with Gasteiger partial charge in [0.1, 0.15) is 0 Å². The van der Waals surface area contributed by atoms with Gasteiger partial charge in [0.25, 0.3) is 5.56 Å². The minimum Gasteiger partial charge on any atom is -0.329 e. The first-order valence-electron chi connectivity index (χ1n) is 2.75. The SMILES string of the molecule is O=c1cnc2nc[nH]c2[nH]1. The van der Waals surface area contributed by atoms with Crippen LogP contribution in [-0.2, 0) is 0 Å². The van der Waals surface area contributed by atoms with Gasteiger partial charge in [-0.1, -0.05) is 0 Å². The predicted octanol–water partition coefficient (Wildman–Crippen LogP) is -0.354. The summed E-state index contributed by atoms with van der Waals surface area (Å²) >= 11 is 0. The first kappa shape index (κ1) is 5.16. The van der Waals surface area contributed by atoms with E-state index in [-0.39, 0.29) is 5.56 Å². The number of fused-ring (bicyclic) bond motifs is 1. The van der Waals surface area contributed by atoms with Crippen LogP contribution < -0.4 is 5.56 Å². The smallest absolute Gasteiger partial charge is 0.268 e. The van der Waals surface area contributed by atoms with Crippen LogP contribution in [0.1, 0.15) is 0 Å². The number of hydrogen-bond acceptors (Lipinski definition) is 3. The zero-order chi connectivity index (χ0) is 6.97. The molecule has 2 heterocycles. The van der Waals surface area contributed by atoms with Crippen LogP contribution in [0.15, 0.2) is 17.3 Å². The van der Waals surface area contributed by atoms with Gasteiger partial charge in [-0.05, 0) is 0 Å². The molecule has 0 aliphatic rings. The van der Waals surface area contributed by atoms with Gasteiger partial charge in [-0.2, -0.15) is 0 Å². The maximum absolute atomic E-state index is 10.6. The average Bonchev–Trinajstić information content (AvgIpc) is 2.33. The zero-order valence-electron chi connectivity index (χ0n) is 4.96. The monoisotopic (exact) mass is 136 g/mol. The molecule has 50 valence electrons. The molecule has 0 saturated carbocycles. The first-order chi connectivity index (χ1) is 4.86. The Morgan fingerprint density at radius 1 is 1.40 bits per heavy atom. The molecule has 0 atom stereocenters. The molecule has 5 heteroatoms. The second-order valence-corrected chi connectivity index (χ2v) is 1.85. The quantitative estimate of drug-likeness (QED) is 0.519. The first-order valence-corrected chi connectivity index (χ1v) is 2.75. The van der Waals surface area contributed by atoms with Gasteiger partial charge < -0.3 is 9.97 Å². The standard InChI is InChI=1S/C5H4N4O/c10-3-1-6-4-5(9-3)8-2-7-4/h1-2H,(H2,6,7,8,9,10). The minimum atomic E-state index is -0.225. The van der Waals surface area contributed by atoms with Crippen LogP contribution in [-0.4, -0.2) is 19.9 Å².